The number of carbonyl (C=O) groups excluding carboxylic acids is 2. The molecule has 0 saturated carbocycles. The molecule has 0 aliphatic carbocycles. The zero-order chi connectivity index (χ0) is 28.3. The Balaban J connectivity index is 1.25. The normalized spacial score (nSPS) is 15.5. The van der Waals surface area contributed by atoms with Crippen LogP contribution < -0.4 is 16.0 Å². The number of amides is 2. The van der Waals surface area contributed by atoms with Gasteiger partial charge in [0.05, 0.1) is 34.8 Å². The van der Waals surface area contributed by atoms with E-state index in [1.54, 1.807) is 48.0 Å². The summed E-state index contributed by atoms with van der Waals surface area (Å²) in [5.74, 6) is -0.0986. The topological polar surface area (TPSA) is 127 Å². The molecule has 4 aromatic rings. The van der Waals surface area contributed by atoms with Crippen molar-refractivity contribution in [2.45, 2.75) is 6.42 Å². The minimum absolute atomic E-state index is 0.0372. The number of nitrogens with zero attached hydrogens (tertiary/aromatic N) is 5. The molecule has 3 aromatic heterocycles. The molecule has 11 heteroatoms. The van der Waals surface area contributed by atoms with Crippen molar-refractivity contribution in [3.63, 3.8) is 0 Å². The van der Waals surface area contributed by atoms with Gasteiger partial charge in [-0.05, 0) is 54.5 Å². The van der Waals surface area contributed by atoms with Crippen LogP contribution in [0.15, 0.2) is 67.5 Å². The van der Waals surface area contributed by atoms with Crippen molar-refractivity contribution in [2.75, 3.05) is 55.3 Å². The molecule has 208 valence electrons. The summed E-state index contributed by atoms with van der Waals surface area (Å²) in [7, 11) is 0. The molecule has 0 bridgehead atoms. The van der Waals surface area contributed by atoms with Gasteiger partial charge >= 0.3 is 0 Å². The van der Waals surface area contributed by atoms with Crippen molar-refractivity contribution in [1.29, 1.82) is 0 Å². The third-order valence-electron chi connectivity index (χ3n) is 7.18. The number of benzene rings is 1. The summed E-state index contributed by atoms with van der Waals surface area (Å²) in [5, 5.41) is 2.70. The van der Waals surface area contributed by atoms with Crippen molar-refractivity contribution < 1.29 is 14.3 Å². The number of morpholine rings is 1. The number of nitrogen functional groups attached to an aromatic ring is 1. The van der Waals surface area contributed by atoms with E-state index in [0.29, 0.717) is 37.6 Å². The molecule has 41 heavy (non-hydrogen) atoms. The van der Waals surface area contributed by atoms with E-state index < -0.39 is 0 Å². The number of nitrogens with two attached hydrogens (primary N) is 1. The van der Waals surface area contributed by atoms with E-state index in [1.165, 1.54) is 11.6 Å². The Morgan fingerprint density at radius 3 is 2.51 bits per heavy atom. The first-order valence-electron chi connectivity index (χ1n) is 13.4. The third-order valence-corrected chi connectivity index (χ3v) is 8.40. The molecular weight excluding hydrogens is 538 g/mol. The number of hydrogen-bond donors (Lipinski definition) is 2. The molecule has 5 heterocycles. The summed E-state index contributed by atoms with van der Waals surface area (Å²) in [6, 6.07) is 11.2. The van der Waals surface area contributed by atoms with Gasteiger partial charge in [0, 0.05) is 60.3 Å². The van der Waals surface area contributed by atoms with Crippen LogP contribution in [-0.2, 0) is 9.53 Å². The lowest BCUT2D eigenvalue weighted by atomic mass is 10.0. The molecule has 0 unspecified atom stereocenters. The fraction of sp³-hybridized carbons (Fsp3) is 0.233. The van der Waals surface area contributed by atoms with Crippen LogP contribution in [0.3, 0.4) is 0 Å². The summed E-state index contributed by atoms with van der Waals surface area (Å²) in [6.07, 6.45) is 7.49. The number of ether oxygens (including phenoxy) is 1. The standard InChI is InChI=1S/C30H29N7O3S/c1-2-27(38)34-22-5-3-20(4-6-22)29(39)37-9-7-19(8-10-37)26-16-24-28(41-26)25(36-11-13-40-14-12-36)15-23(35-24)21-17-32-30(31)33-18-21/h2-7,15-18H,1,8-14H2,(H,34,38)(H2,31,32,33). The van der Waals surface area contributed by atoms with Crippen LogP contribution in [0, 0.1) is 0 Å². The van der Waals surface area contributed by atoms with E-state index in [4.69, 9.17) is 15.5 Å². The van der Waals surface area contributed by atoms with Gasteiger partial charge in [-0.2, -0.15) is 0 Å². The van der Waals surface area contributed by atoms with Gasteiger partial charge in [-0.1, -0.05) is 12.7 Å². The molecule has 6 rings (SSSR count). The second-order valence-corrected chi connectivity index (χ2v) is 10.8. The van der Waals surface area contributed by atoms with Gasteiger partial charge in [0.25, 0.3) is 5.91 Å². The number of anilines is 3. The molecule has 0 radical (unpaired) electrons. The predicted octanol–water partition coefficient (Wildman–Crippen LogP) is 4.23. The monoisotopic (exact) mass is 567 g/mol. The smallest absolute Gasteiger partial charge is 0.254 e. The van der Waals surface area contributed by atoms with E-state index in [1.807, 2.05) is 4.90 Å². The molecule has 2 aliphatic rings. The Kier molecular flexibility index (Phi) is 7.45. The summed E-state index contributed by atoms with van der Waals surface area (Å²) in [4.78, 5) is 43.3. The number of pyridine rings is 1. The van der Waals surface area contributed by atoms with Crippen LogP contribution >= 0.6 is 11.3 Å². The maximum Gasteiger partial charge on any atom is 0.254 e. The Morgan fingerprint density at radius 2 is 1.83 bits per heavy atom. The number of carbonyl (C=O) groups is 2. The zero-order valence-corrected chi connectivity index (χ0v) is 23.2. The number of rotatable bonds is 6. The van der Waals surface area contributed by atoms with Gasteiger partial charge in [0.15, 0.2) is 0 Å². The highest BCUT2D eigenvalue weighted by molar-refractivity contribution is 7.20. The fourth-order valence-corrected chi connectivity index (χ4v) is 6.18. The SMILES string of the molecule is C=CC(=O)Nc1ccc(C(=O)N2CC=C(c3cc4nc(-c5cnc(N)nc5)cc(N5CCOCC5)c4s3)CC2)cc1. The van der Waals surface area contributed by atoms with Gasteiger partial charge in [0.1, 0.15) is 0 Å². The Morgan fingerprint density at radius 1 is 1.07 bits per heavy atom. The van der Waals surface area contributed by atoms with Gasteiger partial charge < -0.3 is 25.6 Å². The van der Waals surface area contributed by atoms with Gasteiger partial charge in [-0.25, -0.2) is 15.0 Å². The molecule has 3 N–H and O–H groups in total. The minimum Gasteiger partial charge on any atom is -0.378 e. The second kappa shape index (κ2) is 11.5. The quantitative estimate of drug-likeness (QED) is 0.332. The number of thiophene rings is 1. The Labute approximate surface area is 241 Å². The first-order chi connectivity index (χ1) is 20.0. The molecule has 2 amide bonds. The van der Waals surface area contributed by atoms with Crippen LogP contribution in [0.25, 0.3) is 27.0 Å². The first kappa shape index (κ1) is 26.6. The van der Waals surface area contributed by atoms with Crippen molar-refractivity contribution in [3.8, 4) is 11.3 Å². The van der Waals surface area contributed by atoms with E-state index in [-0.39, 0.29) is 17.8 Å². The molecule has 1 saturated heterocycles. The molecule has 1 fully saturated rings. The lowest BCUT2D eigenvalue weighted by Crippen LogP contribution is -2.36. The fourth-order valence-electron chi connectivity index (χ4n) is 4.97. The predicted molar refractivity (Wildman–Crippen MR) is 162 cm³/mol. The Hall–Kier alpha value is -4.61. The molecular formula is C30H29N7O3S. The van der Waals surface area contributed by atoms with Crippen LogP contribution in [0.2, 0.25) is 0 Å². The Bertz CT molecular complexity index is 1640. The second-order valence-electron chi connectivity index (χ2n) is 9.78. The highest BCUT2D eigenvalue weighted by Gasteiger charge is 2.23. The van der Waals surface area contributed by atoms with E-state index >= 15 is 0 Å². The maximum absolute atomic E-state index is 13.1. The zero-order valence-electron chi connectivity index (χ0n) is 22.4. The highest BCUT2D eigenvalue weighted by atomic mass is 32.1. The van der Waals surface area contributed by atoms with Crippen LogP contribution in [-0.4, -0.2) is 71.1 Å². The lowest BCUT2D eigenvalue weighted by Gasteiger charge is -2.29. The molecule has 1 aromatic carbocycles. The largest absolute Gasteiger partial charge is 0.378 e. The van der Waals surface area contributed by atoms with Crippen molar-refractivity contribution in [3.05, 3.63) is 78.0 Å². The van der Waals surface area contributed by atoms with Gasteiger partial charge in [-0.3, -0.25) is 9.59 Å². The number of nitrogens with one attached hydrogen (secondary N) is 1. The van der Waals surface area contributed by atoms with Gasteiger partial charge in [0.2, 0.25) is 11.9 Å². The number of aromatic nitrogens is 3. The van der Waals surface area contributed by atoms with Crippen LogP contribution in [0.5, 0.6) is 0 Å². The number of hydrogen-bond acceptors (Lipinski definition) is 9. The van der Waals surface area contributed by atoms with E-state index in [0.717, 1.165) is 51.5 Å². The molecule has 0 atom stereocenters. The molecule has 2 aliphatic heterocycles. The maximum atomic E-state index is 13.1. The summed E-state index contributed by atoms with van der Waals surface area (Å²) < 4.78 is 6.73. The summed E-state index contributed by atoms with van der Waals surface area (Å²) in [5.41, 5.74) is 11.8. The summed E-state index contributed by atoms with van der Waals surface area (Å²) >= 11 is 1.74. The van der Waals surface area contributed by atoms with Crippen molar-refractivity contribution >= 4 is 56.3 Å². The van der Waals surface area contributed by atoms with Crippen molar-refractivity contribution in [1.82, 2.24) is 19.9 Å². The summed E-state index contributed by atoms with van der Waals surface area (Å²) in [6.45, 7) is 7.58. The average molecular weight is 568 g/mol. The molecule has 10 nitrogen and oxygen atoms in total. The number of fused-ring (bicyclic) bond motifs is 1. The average Bonchev–Trinajstić information content (AvgIpc) is 3.46. The van der Waals surface area contributed by atoms with E-state index in [2.05, 4.69) is 45.0 Å². The van der Waals surface area contributed by atoms with Crippen LogP contribution in [0.1, 0.15) is 21.7 Å². The third kappa shape index (κ3) is 5.67. The molecule has 0 spiro atoms. The minimum atomic E-state index is -0.290. The van der Waals surface area contributed by atoms with E-state index in [9.17, 15) is 9.59 Å². The van der Waals surface area contributed by atoms with Crippen molar-refractivity contribution in [2.24, 2.45) is 0 Å². The van der Waals surface area contributed by atoms with Gasteiger partial charge in [-0.15, -0.1) is 11.3 Å². The highest BCUT2D eigenvalue weighted by Crippen LogP contribution is 2.40. The first-order valence-corrected chi connectivity index (χ1v) is 14.2. The lowest BCUT2D eigenvalue weighted by molar-refractivity contribution is -0.111. The van der Waals surface area contributed by atoms with Crippen LogP contribution in [0.4, 0.5) is 17.3 Å².